The summed E-state index contributed by atoms with van der Waals surface area (Å²) in [5, 5.41) is 2.94. The number of halogens is 2. The van der Waals surface area contributed by atoms with Crippen molar-refractivity contribution < 1.29 is 18.3 Å². The Morgan fingerprint density at radius 1 is 1.42 bits per heavy atom. The van der Waals surface area contributed by atoms with E-state index in [0.29, 0.717) is 12.1 Å². The van der Waals surface area contributed by atoms with Crippen LogP contribution in [-0.2, 0) is 16.0 Å². The zero-order chi connectivity index (χ0) is 14.2. The minimum Gasteiger partial charge on any atom is -0.458 e. The summed E-state index contributed by atoms with van der Waals surface area (Å²) >= 11 is 0. The Bertz CT molecular complexity index is 495. The first-order valence-electron chi connectivity index (χ1n) is 6.16. The Morgan fingerprint density at radius 3 is 2.68 bits per heavy atom. The van der Waals surface area contributed by atoms with E-state index in [2.05, 4.69) is 5.32 Å². The number of hydrogen-bond acceptors (Lipinski definition) is 3. The van der Waals surface area contributed by atoms with Crippen LogP contribution in [0.5, 0.6) is 0 Å². The standard InChI is InChI=1S/C14H17F2NO2/c1-14(2,3)19-13(18)11-6-8-4-5-9(12(15)16)7-10(8)17-11/h4-5,7,11-12,17H,6H2,1-3H3/t11-/m0/s1. The molecule has 0 amide bonds. The summed E-state index contributed by atoms with van der Waals surface area (Å²) < 4.78 is 30.5. The largest absolute Gasteiger partial charge is 0.458 e. The Balaban J connectivity index is 2.10. The molecule has 0 fully saturated rings. The van der Waals surface area contributed by atoms with Gasteiger partial charge in [-0.15, -0.1) is 0 Å². The van der Waals surface area contributed by atoms with Crippen LogP contribution < -0.4 is 5.32 Å². The molecule has 19 heavy (non-hydrogen) atoms. The molecule has 0 radical (unpaired) electrons. The molecule has 104 valence electrons. The van der Waals surface area contributed by atoms with E-state index in [-0.39, 0.29) is 11.5 Å². The van der Waals surface area contributed by atoms with Gasteiger partial charge in [0.15, 0.2) is 0 Å². The monoisotopic (exact) mass is 269 g/mol. The number of carbonyl (C=O) groups excluding carboxylic acids is 1. The molecular weight excluding hydrogens is 252 g/mol. The molecular formula is C14H17F2NO2. The van der Waals surface area contributed by atoms with Gasteiger partial charge in [0.05, 0.1) is 0 Å². The van der Waals surface area contributed by atoms with Crippen molar-refractivity contribution in [1.82, 2.24) is 0 Å². The van der Waals surface area contributed by atoms with E-state index in [9.17, 15) is 13.6 Å². The van der Waals surface area contributed by atoms with Crippen molar-refractivity contribution >= 4 is 11.7 Å². The number of anilines is 1. The smallest absolute Gasteiger partial charge is 0.329 e. The van der Waals surface area contributed by atoms with Crippen LogP contribution >= 0.6 is 0 Å². The van der Waals surface area contributed by atoms with Crippen molar-refractivity contribution in [2.24, 2.45) is 0 Å². The van der Waals surface area contributed by atoms with Crippen molar-refractivity contribution in [3.05, 3.63) is 29.3 Å². The molecule has 1 aromatic rings. The fraction of sp³-hybridized carbons (Fsp3) is 0.500. The van der Waals surface area contributed by atoms with Crippen molar-refractivity contribution in [2.45, 2.75) is 45.3 Å². The highest BCUT2D eigenvalue weighted by Gasteiger charge is 2.31. The first-order chi connectivity index (χ1) is 8.76. The molecule has 1 N–H and O–H groups in total. The van der Waals surface area contributed by atoms with Gasteiger partial charge in [0.2, 0.25) is 0 Å². The van der Waals surface area contributed by atoms with Crippen LogP contribution in [-0.4, -0.2) is 17.6 Å². The summed E-state index contributed by atoms with van der Waals surface area (Å²) in [6, 6.07) is 3.92. The van der Waals surface area contributed by atoms with Gasteiger partial charge < -0.3 is 10.1 Å². The first-order valence-corrected chi connectivity index (χ1v) is 6.16. The zero-order valence-corrected chi connectivity index (χ0v) is 11.2. The molecule has 0 spiro atoms. The van der Waals surface area contributed by atoms with E-state index in [1.54, 1.807) is 26.8 Å². The van der Waals surface area contributed by atoms with Gasteiger partial charge in [0, 0.05) is 17.7 Å². The highest BCUT2D eigenvalue weighted by molar-refractivity contribution is 5.83. The molecule has 0 saturated heterocycles. The van der Waals surface area contributed by atoms with Gasteiger partial charge in [-0.2, -0.15) is 0 Å². The molecule has 2 rings (SSSR count). The van der Waals surface area contributed by atoms with Crippen LogP contribution in [0.1, 0.15) is 38.3 Å². The number of alkyl halides is 2. The van der Waals surface area contributed by atoms with Crippen LogP contribution in [0.2, 0.25) is 0 Å². The maximum absolute atomic E-state index is 12.6. The molecule has 0 bridgehead atoms. The predicted molar refractivity (Wildman–Crippen MR) is 68.4 cm³/mol. The summed E-state index contributed by atoms with van der Waals surface area (Å²) in [4.78, 5) is 11.9. The Morgan fingerprint density at radius 2 is 2.11 bits per heavy atom. The zero-order valence-electron chi connectivity index (χ0n) is 11.2. The summed E-state index contributed by atoms with van der Waals surface area (Å²) in [5.41, 5.74) is 0.854. The van der Waals surface area contributed by atoms with E-state index >= 15 is 0 Å². The Hall–Kier alpha value is -1.65. The molecule has 1 heterocycles. The van der Waals surface area contributed by atoms with Crippen LogP contribution in [0.15, 0.2) is 18.2 Å². The number of carbonyl (C=O) groups is 1. The van der Waals surface area contributed by atoms with Gasteiger partial charge >= 0.3 is 5.97 Å². The normalized spacial score (nSPS) is 18.1. The number of benzene rings is 1. The fourth-order valence-corrected chi connectivity index (χ4v) is 2.02. The quantitative estimate of drug-likeness (QED) is 0.837. The predicted octanol–water partition coefficient (Wildman–Crippen LogP) is 3.30. The van der Waals surface area contributed by atoms with Crippen molar-refractivity contribution in [3.8, 4) is 0 Å². The highest BCUT2D eigenvalue weighted by atomic mass is 19.3. The maximum Gasteiger partial charge on any atom is 0.329 e. The topological polar surface area (TPSA) is 38.3 Å². The van der Waals surface area contributed by atoms with E-state index in [0.717, 1.165) is 5.56 Å². The third-order valence-corrected chi connectivity index (χ3v) is 2.83. The van der Waals surface area contributed by atoms with Crippen molar-refractivity contribution in [3.63, 3.8) is 0 Å². The van der Waals surface area contributed by atoms with Crippen LogP contribution in [0.25, 0.3) is 0 Å². The van der Waals surface area contributed by atoms with Crippen molar-refractivity contribution in [1.29, 1.82) is 0 Å². The third-order valence-electron chi connectivity index (χ3n) is 2.83. The maximum atomic E-state index is 12.6. The lowest BCUT2D eigenvalue weighted by Crippen LogP contribution is -2.35. The lowest BCUT2D eigenvalue weighted by atomic mass is 10.1. The number of esters is 1. The van der Waals surface area contributed by atoms with Crippen molar-refractivity contribution in [2.75, 3.05) is 5.32 Å². The van der Waals surface area contributed by atoms with E-state index < -0.39 is 18.1 Å². The minimum absolute atomic E-state index is 0.0453. The van der Waals surface area contributed by atoms with Gasteiger partial charge in [0.1, 0.15) is 11.6 Å². The van der Waals surface area contributed by atoms with Gasteiger partial charge in [0.25, 0.3) is 6.43 Å². The number of rotatable bonds is 2. The lowest BCUT2D eigenvalue weighted by molar-refractivity contribution is -0.155. The summed E-state index contributed by atoms with van der Waals surface area (Å²) in [5.74, 6) is -0.359. The lowest BCUT2D eigenvalue weighted by Gasteiger charge is -2.22. The molecule has 1 aliphatic rings. The second kappa shape index (κ2) is 4.79. The van der Waals surface area contributed by atoms with Crippen LogP contribution in [0.4, 0.5) is 14.5 Å². The number of hydrogen-bond donors (Lipinski definition) is 1. The second-order valence-corrected chi connectivity index (χ2v) is 5.65. The van der Waals surface area contributed by atoms with Gasteiger partial charge in [-0.3, -0.25) is 0 Å². The highest BCUT2D eigenvalue weighted by Crippen LogP contribution is 2.31. The number of nitrogens with one attached hydrogen (secondary N) is 1. The molecule has 3 nitrogen and oxygen atoms in total. The Kier molecular flexibility index (Phi) is 3.47. The summed E-state index contributed by atoms with van der Waals surface area (Å²) in [6.07, 6.45) is -2.04. The number of ether oxygens (including phenoxy) is 1. The molecule has 0 saturated carbocycles. The summed E-state index contributed by atoms with van der Waals surface area (Å²) in [6.45, 7) is 5.38. The molecule has 1 aliphatic heterocycles. The second-order valence-electron chi connectivity index (χ2n) is 5.65. The third kappa shape index (κ3) is 3.22. The first kappa shape index (κ1) is 13.8. The molecule has 1 aromatic carbocycles. The average Bonchev–Trinajstić information content (AvgIpc) is 2.68. The molecule has 0 aromatic heterocycles. The Labute approximate surface area is 111 Å². The molecule has 1 atom stereocenters. The van der Waals surface area contributed by atoms with Gasteiger partial charge in [-0.25, -0.2) is 13.6 Å². The van der Waals surface area contributed by atoms with E-state index in [4.69, 9.17) is 4.74 Å². The number of fused-ring (bicyclic) bond motifs is 1. The van der Waals surface area contributed by atoms with Gasteiger partial charge in [-0.05, 0) is 32.4 Å². The van der Waals surface area contributed by atoms with Crippen LogP contribution in [0.3, 0.4) is 0 Å². The average molecular weight is 269 g/mol. The minimum atomic E-state index is -2.51. The molecule has 0 aliphatic carbocycles. The summed E-state index contributed by atoms with van der Waals surface area (Å²) in [7, 11) is 0. The molecule has 0 unspecified atom stereocenters. The van der Waals surface area contributed by atoms with E-state index in [1.807, 2.05) is 0 Å². The molecule has 5 heteroatoms. The SMILES string of the molecule is CC(C)(C)OC(=O)[C@@H]1Cc2ccc(C(F)F)cc2N1. The van der Waals surface area contributed by atoms with E-state index in [1.165, 1.54) is 12.1 Å². The van der Waals surface area contributed by atoms with Gasteiger partial charge in [-0.1, -0.05) is 12.1 Å². The van der Waals surface area contributed by atoms with Crippen LogP contribution in [0, 0.1) is 0 Å². The fourth-order valence-electron chi connectivity index (χ4n) is 2.02.